The van der Waals surface area contributed by atoms with E-state index in [-0.39, 0.29) is 5.91 Å². The van der Waals surface area contributed by atoms with Gasteiger partial charge in [-0.15, -0.1) is 11.8 Å². The molecule has 1 saturated carbocycles. The van der Waals surface area contributed by atoms with Crippen LogP contribution in [0.15, 0.2) is 29.2 Å². The van der Waals surface area contributed by atoms with E-state index in [0.717, 1.165) is 11.4 Å². The van der Waals surface area contributed by atoms with Crippen LogP contribution in [0.1, 0.15) is 32.1 Å². The van der Waals surface area contributed by atoms with Crippen LogP contribution in [-0.2, 0) is 4.79 Å². The summed E-state index contributed by atoms with van der Waals surface area (Å²) in [7, 11) is 0. The Morgan fingerprint density at radius 2 is 2.11 bits per heavy atom. The maximum absolute atomic E-state index is 11.8. The summed E-state index contributed by atoms with van der Waals surface area (Å²) in [5, 5.41) is 3.76. The van der Waals surface area contributed by atoms with Gasteiger partial charge in [0.05, 0.1) is 5.75 Å². The first kappa shape index (κ1) is 14.7. The quantitative estimate of drug-likeness (QED) is 0.828. The van der Waals surface area contributed by atoms with Crippen LogP contribution in [0.2, 0.25) is 5.02 Å². The number of benzene rings is 1. The lowest BCUT2D eigenvalue weighted by Gasteiger charge is -2.21. The van der Waals surface area contributed by atoms with Crippen LogP contribution in [0, 0.1) is 5.92 Å². The Kier molecular flexibility index (Phi) is 6.05. The average Bonchev–Trinajstić information content (AvgIpc) is 2.44. The monoisotopic (exact) mass is 297 g/mol. The van der Waals surface area contributed by atoms with Crippen molar-refractivity contribution in [1.82, 2.24) is 5.32 Å². The fraction of sp³-hybridized carbons (Fsp3) is 0.533. The van der Waals surface area contributed by atoms with E-state index in [4.69, 9.17) is 11.6 Å². The van der Waals surface area contributed by atoms with Crippen LogP contribution in [-0.4, -0.2) is 18.2 Å². The third-order valence-corrected chi connectivity index (χ3v) is 4.71. The highest BCUT2D eigenvalue weighted by Gasteiger charge is 2.14. The zero-order valence-corrected chi connectivity index (χ0v) is 12.6. The summed E-state index contributed by atoms with van der Waals surface area (Å²) in [5.74, 6) is 1.27. The normalized spacial score (nSPS) is 16.3. The van der Waals surface area contributed by atoms with Gasteiger partial charge in [0.25, 0.3) is 0 Å². The molecule has 0 unspecified atom stereocenters. The first-order chi connectivity index (χ1) is 9.24. The molecule has 2 rings (SSSR count). The molecule has 1 amide bonds. The van der Waals surface area contributed by atoms with Gasteiger partial charge in [0.2, 0.25) is 5.91 Å². The third-order valence-electron chi connectivity index (χ3n) is 3.48. The molecule has 1 aliphatic rings. The maximum Gasteiger partial charge on any atom is 0.230 e. The number of amides is 1. The summed E-state index contributed by atoms with van der Waals surface area (Å²) in [6.07, 6.45) is 6.52. The molecule has 0 aromatic heterocycles. The molecule has 1 aromatic rings. The molecule has 0 atom stereocenters. The summed E-state index contributed by atoms with van der Waals surface area (Å²) in [6.45, 7) is 0.842. The lowest BCUT2D eigenvalue weighted by molar-refractivity contribution is -0.118. The molecule has 0 radical (unpaired) electrons. The highest BCUT2D eigenvalue weighted by molar-refractivity contribution is 8.00. The molecule has 0 heterocycles. The minimum Gasteiger partial charge on any atom is -0.355 e. The molecule has 0 saturated heterocycles. The molecular formula is C15H20ClNOS. The molecule has 1 N–H and O–H groups in total. The second-order valence-electron chi connectivity index (χ2n) is 5.05. The van der Waals surface area contributed by atoms with E-state index in [2.05, 4.69) is 5.32 Å². The van der Waals surface area contributed by atoms with Gasteiger partial charge >= 0.3 is 0 Å². The summed E-state index contributed by atoms with van der Waals surface area (Å²) >= 11 is 7.44. The summed E-state index contributed by atoms with van der Waals surface area (Å²) in [6, 6.07) is 7.62. The van der Waals surface area contributed by atoms with E-state index >= 15 is 0 Å². The van der Waals surface area contributed by atoms with E-state index < -0.39 is 0 Å². The van der Waals surface area contributed by atoms with Crippen LogP contribution in [0.25, 0.3) is 0 Å². The van der Waals surface area contributed by atoms with Crippen molar-refractivity contribution in [2.24, 2.45) is 5.92 Å². The standard InChI is InChI=1S/C15H20ClNOS/c16-13-7-4-8-14(9-13)19-11-15(18)17-10-12-5-2-1-3-6-12/h4,7-9,12H,1-3,5-6,10-11H2,(H,17,18). The predicted molar refractivity (Wildman–Crippen MR) is 81.8 cm³/mol. The predicted octanol–water partition coefficient (Wildman–Crippen LogP) is 4.13. The molecule has 19 heavy (non-hydrogen) atoms. The molecule has 1 aliphatic carbocycles. The van der Waals surface area contributed by atoms with Gasteiger partial charge in [-0.1, -0.05) is 36.9 Å². The SMILES string of the molecule is O=C(CSc1cccc(Cl)c1)NCC1CCCCC1. The summed E-state index contributed by atoms with van der Waals surface area (Å²) < 4.78 is 0. The van der Waals surface area contributed by atoms with Crippen LogP contribution >= 0.6 is 23.4 Å². The Morgan fingerprint density at radius 3 is 2.84 bits per heavy atom. The van der Waals surface area contributed by atoms with E-state index in [0.29, 0.717) is 16.7 Å². The number of hydrogen-bond donors (Lipinski definition) is 1. The Bertz CT molecular complexity index is 418. The van der Waals surface area contributed by atoms with Crippen molar-refractivity contribution in [2.45, 2.75) is 37.0 Å². The van der Waals surface area contributed by atoms with Crippen molar-refractivity contribution >= 4 is 29.3 Å². The van der Waals surface area contributed by atoms with Crippen molar-refractivity contribution in [3.05, 3.63) is 29.3 Å². The Morgan fingerprint density at radius 1 is 1.32 bits per heavy atom. The lowest BCUT2D eigenvalue weighted by atomic mass is 9.89. The number of carbonyl (C=O) groups is 1. The second kappa shape index (κ2) is 7.81. The zero-order valence-electron chi connectivity index (χ0n) is 11.0. The van der Waals surface area contributed by atoms with Crippen molar-refractivity contribution in [1.29, 1.82) is 0 Å². The van der Waals surface area contributed by atoms with Gasteiger partial charge in [-0.05, 0) is 37.0 Å². The first-order valence-electron chi connectivity index (χ1n) is 6.89. The third kappa shape index (κ3) is 5.45. The van der Waals surface area contributed by atoms with Gasteiger partial charge < -0.3 is 5.32 Å². The second-order valence-corrected chi connectivity index (χ2v) is 6.54. The molecule has 2 nitrogen and oxygen atoms in total. The summed E-state index contributed by atoms with van der Waals surface area (Å²) in [4.78, 5) is 12.8. The largest absolute Gasteiger partial charge is 0.355 e. The van der Waals surface area contributed by atoms with E-state index in [1.54, 1.807) is 0 Å². The maximum atomic E-state index is 11.8. The molecule has 104 valence electrons. The van der Waals surface area contributed by atoms with Gasteiger partial charge in [0, 0.05) is 16.5 Å². The fourth-order valence-electron chi connectivity index (χ4n) is 2.41. The van der Waals surface area contributed by atoms with Gasteiger partial charge in [0.15, 0.2) is 0 Å². The van der Waals surface area contributed by atoms with E-state index in [9.17, 15) is 4.79 Å². The van der Waals surface area contributed by atoms with E-state index in [1.165, 1.54) is 43.9 Å². The Hall–Kier alpha value is -0.670. The first-order valence-corrected chi connectivity index (χ1v) is 8.25. The highest BCUT2D eigenvalue weighted by atomic mass is 35.5. The van der Waals surface area contributed by atoms with Gasteiger partial charge in [-0.2, -0.15) is 0 Å². The number of nitrogens with one attached hydrogen (secondary N) is 1. The number of rotatable bonds is 5. The topological polar surface area (TPSA) is 29.1 Å². The van der Waals surface area contributed by atoms with Crippen molar-refractivity contribution < 1.29 is 4.79 Å². The summed E-state index contributed by atoms with van der Waals surface area (Å²) in [5.41, 5.74) is 0. The van der Waals surface area contributed by atoms with Gasteiger partial charge in [-0.25, -0.2) is 0 Å². The minimum absolute atomic E-state index is 0.121. The molecule has 0 spiro atoms. The number of thioether (sulfide) groups is 1. The minimum atomic E-state index is 0.121. The molecule has 4 heteroatoms. The highest BCUT2D eigenvalue weighted by Crippen LogP contribution is 2.23. The van der Waals surface area contributed by atoms with Crippen LogP contribution < -0.4 is 5.32 Å². The Labute approximate surface area is 124 Å². The molecular weight excluding hydrogens is 278 g/mol. The van der Waals surface area contributed by atoms with Crippen molar-refractivity contribution in [3.8, 4) is 0 Å². The smallest absolute Gasteiger partial charge is 0.230 e. The average molecular weight is 298 g/mol. The van der Waals surface area contributed by atoms with Gasteiger partial charge in [0.1, 0.15) is 0 Å². The van der Waals surface area contributed by atoms with Crippen molar-refractivity contribution in [2.75, 3.05) is 12.3 Å². The van der Waals surface area contributed by atoms with Gasteiger partial charge in [-0.3, -0.25) is 4.79 Å². The van der Waals surface area contributed by atoms with Crippen LogP contribution in [0.3, 0.4) is 0 Å². The molecule has 1 fully saturated rings. The zero-order chi connectivity index (χ0) is 13.5. The number of halogens is 1. The molecule has 0 bridgehead atoms. The van der Waals surface area contributed by atoms with E-state index in [1.807, 2.05) is 24.3 Å². The lowest BCUT2D eigenvalue weighted by Crippen LogP contribution is -2.31. The Balaban J connectivity index is 1.66. The van der Waals surface area contributed by atoms with Crippen LogP contribution in [0.5, 0.6) is 0 Å². The fourth-order valence-corrected chi connectivity index (χ4v) is 3.45. The van der Waals surface area contributed by atoms with Crippen molar-refractivity contribution in [3.63, 3.8) is 0 Å². The number of carbonyl (C=O) groups excluding carboxylic acids is 1. The molecule has 0 aliphatic heterocycles. The molecule has 1 aromatic carbocycles. The van der Waals surface area contributed by atoms with Crippen LogP contribution in [0.4, 0.5) is 0 Å². The number of hydrogen-bond acceptors (Lipinski definition) is 2.